The van der Waals surface area contributed by atoms with Gasteiger partial charge in [0, 0.05) is 17.9 Å². The lowest BCUT2D eigenvalue weighted by atomic mass is 10.1. The zero-order valence-electron chi connectivity index (χ0n) is 16.6. The van der Waals surface area contributed by atoms with Crippen LogP contribution in [0.15, 0.2) is 90.1 Å². The van der Waals surface area contributed by atoms with Gasteiger partial charge in [-0.05, 0) is 35.4 Å². The average molecular weight is 416 g/mol. The van der Waals surface area contributed by atoms with E-state index >= 15 is 0 Å². The Hall–Kier alpha value is -3.38. The van der Waals surface area contributed by atoms with Gasteiger partial charge in [-0.25, -0.2) is 4.79 Å². The smallest absolute Gasteiger partial charge is 0.337 e. The van der Waals surface area contributed by atoms with Crippen LogP contribution in [0.5, 0.6) is 0 Å². The molecule has 0 N–H and O–H groups in total. The second-order valence-electron chi connectivity index (χ2n) is 6.71. The first kappa shape index (κ1) is 19.9. The molecule has 30 heavy (non-hydrogen) atoms. The van der Waals surface area contributed by atoms with E-state index in [4.69, 9.17) is 4.74 Å². The number of rotatable bonds is 7. The number of esters is 1. The van der Waals surface area contributed by atoms with Crippen molar-refractivity contribution in [3.05, 3.63) is 107 Å². The zero-order chi connectivity index (χ0) is 20.8. The van der Waals surface area contributed by atoms with Crippen LogP contribution in [0.3, 0.4) is 0 Å². The molecule has 0 amide bonds. The van der Waals surface area contributed by atoms with Gasteiger partial charge in [-0.3, -0.25) is 4.57 Å². The van der Waals surface area contributed by atoms with E-state index in [1.807, 2.05) is 48.5 Å². The molecular formula is C24H21N3O2S. The van der Waals surface area contributed by atoms with Crippen LogP contribution >= 0.6 is 11.8 Å². The third kappa shape index (κ3) is 4.60. The SMILES string of the molecule is COC(=O)c1ccc(CSc2nnc(Cc3ccccc3)n2-c2ccccc2)cc1. The fraction of sp³-hybridized carbons (Fsp3) is 0.125. The number of para-hydroxylation sites is 1. The molecule has 0 aliphatic rings. The van der Waals surface area contributed by atoms with Gasteiger partial charge in [0.2, 0.25) is 0 Å². The van der Waals surface area contributed by atoms with Gasteiger partial charge in [-0.15, -0.1) is 10.2 Å². The molecule has 5 nitrogen and oxygen atoms in total. The third-order valence-corrected chi connectivity index (χ3v) is 5.66. The van der Waals surface area contributed by atoms with E-state index in [-0.39, 0.29) is 5.97 Å². The summed E-state index contributed by atoms with van der Waals surface area (Å²) < 4.78 is 6.87. The van der Waals surface area contributed by atoms with Gasteiger partial charge in [-0.1, -0.05) is 72.4 Å². The Balaban J connectivity index is 1.57. The van der Waals surface area contributed by atoms with Crippen molar-refractivity contribution in [2.75, 3.05) is 7.11 Å². The van der Waals surface area contributed by atoms with Crippen LogP contribution in [-0.2, 0) is 16.9 Å². The Bertz CT molecular complexity index is 1110. The molecule has 4 aromatic rings. The molecule has 1 heterocycles. The Kier molecular flexibility index (Phi) is 6.25. The van der Waals surface area contributed by atoms with Gasteiger partial charge in [0.1, 0.15) is 5.82 Å². The third-order valence-electron chi connectivity index (χ3n) is 4.66. The Morgan fingerprint density at radius 2 is 1.53 bits per heavy atom. The van der Waals surface area contributed by atoms with Crippen LogP contribution in [0, 0.1) is 0 Å². The van der Waals surface area contributed by atoms with E-state index in [9.17, 15) is 4.79 Å². The number of ether oxygens (including phenoxy) is 1. The van der Waals surface area contributed by atoms with Crippen LogP contribution in [0.25, 0.3) is 5.69 Å². The number of carbonyl (C=O) groups excluding carboxylic acids is 1. The summed E-state index contributed by atoms with van der Waals surface area (Å²) in [4.78, 5) is 11.6. The van der Waals surface area contributed by atoms with Crippen LogP contribution in [0.2, 0.25) is 0 Å². The summed E-state index contributed by atoms with van der Waals surface area (Å²) in [6, 6.07) is 27.9. The van der Waals surface area contributed by atoms with E-state index in [2.05, 4.69) is 39.0 Å². The first-order chi connectivity index (χ1) is 14.7. The van der Waals surface area contributed by atoms with Crippen molar-refractivity contribution >= 4 is 17.7 Å². The van der Waals surface area contributed by atoms with Crippen molar-refractivity contribution in [2.45, 2.75) is 17.3 Å². The molecule has 0 fully saturated rings. The molecule has 0 spiro atoms. The molecule has 150 valence electrons. The number of carbonyl (C=O) groups is 1. The largest absolute Gasteiger partial charge is 0.465 e. The van der Waals surface area contributed by atoms with Crippen molar-refractivity contribution in [3.63, 3.8) is 0 Å². The minimum atomic E-state index is -0.330. The summed E-state index contributed by atoms with van der Waals surface area (Å²) in [5.74, 6) is 1.29. The van der Waals surface area contributed by atoms with Gasteiger partial charge in [0.25, 0.3) is 0 Å². The number of thioether (sulfide) groups is 1. The summed E-state index contributed by atoms with van der Waals surface area (Å²) in [6.45, 7) is 0. The van der Waals surface area contributed by atoms with E-state index in [1.165, 1.54) is 12.7 Å². The lowest BCUT2D eigenvalue weighted by molar-refractivity contribution is 0.0600. The van der Waals surface area contributed by atoms with Gasteiger partial charge < -0.3 is 4.74 Å². The van der Waals surface area contributed by atoms with Crippen LogP contribution in [-0.4, -0.2) is 27.8 Å². The Labute approximate surface area is 179 Å². The second kappa shape index (κ2) is 9.41. The van der Waals surface area contributed by atoms with E-state index < -0.39 is 0 Å². The number of hydrogen-bond acceptors (Lipinski definition) is 5. The lowest BCUT2D eigenvalue weighted by Crippen LogP contribution is -2.04. The standard InChI is InChI=1S/C24H21N3O2S/c1-29-23(28)20-14-12-19(13-15-20)17-30-24-26-25-22(16-18-8-4-2-5-9-18)27(24)21-10-6-3-7-11-21/h2-15H,16-17H2,1H3. The normalized spacial score (nSPS) is 10.7. The summed E-state index contributed by atoms with van der Waals surface area (Å²) in [7, 11) is 1.38. The highest BCUT2D eigenvalue weighted by atomic mass is 32.2. The van der Waals surface area contributed by atoms with Crippen molar-refractivity contribution in [2.24, 2.45) is 0 Å². The maximum Gasteiger partial charge on any atom is 0.337 e. The minimum absolute atomic E-state index is 0.330. The fourth-order valence-corrected chi connectivity index (χ4v) is 4.05. The van der Waals surface area contributed by atoms with Gasteiger partial charge in [0.15, 0.2) is 5.16 Å². The number of aromatic nitrogens is 3. The van der Waals surface area contributed by atoms with Crippen molar-refractivity contribution in [1.29, 1.82) is 0 Å². The monoisotopic (exact) mass is 415 g/mol. The predicted molar refractivity (Wildman–Crippen MR) is 118 cm³/mol. The second-order valence-corrected chi connectivity index (χ2v) is 7.65. The number of hydrogen-bond donors (Lipinski definition) is 0. The number of methoxy groups -OCH3 is 1. The molecule has 0 unspecified atom stereocenters. The minimum Gasteiger partial charge on any atom is -0.465 e. The lowest BCUT2D eigenvalue weighted by Gasteiger charge is -2.10. The van der Waals surface area contributed by atoms with Crippen LogP contribution in [0.1, 0.15) is 27.3 Å². The summed E-state index contributed by atoms with van der Waals surface area (Å²) >= 11 is 1.62. The molecule has 0 saturated carbocycles. The highest BCUT2D eigenvalue weighted by Gasteiger charge is 2.15. The summed E-state index contributed by atoms with van der Waals surface area (Å²) in [6.07, 6.45) is 0.705. The van der Waals surface area contributed by atoms with Crippen LogP contribution in [0.4, 0.5) is 0 Å². The van der Waals surface area contributed by atoms with Gasteiger partial charge in [0.05, 0.1) is 12.7 Å². The maximum atomic E-state index is 11.6. The molecule has 3 aromatic carbocycles. The Morgan fingerprint density at radius 1 is 0.867 bits per heavy atom. The van der Waals surface area contributed by atoms with Crippen molar-refractivity contribution in [3.8, 4) is 5.69 Å². The molecule has 0 saturated heterocycles. The molecule has 0 bridgehead atoms. The molecule has 0 atom stereocenters. The number of nitrogens with zero attached hydrogens (tertiary/aromatic N) is 3. The van der Waals surface area contributed by atoms with Crippen molar-refractivity contribution in [1.82, 2.24) is 14.8 Å². The number of benzene rings is 3. The summed E-state index contributed by atoms with van der Waals surface area (Å²) in [5.41, 5.74) is 3.87. The quantitative estimate of drug-likeness (QED) is 0.316. The molecule has 1 aromatic heterocycles. The van der Waals surface area contributed by atoms with Crippen molar-refractivity contribution < 1.29 is 9.53 Å². The molecule has 0 radical (unpaired) electrons. The fourth-order valence-electron chi connectivity index (χ4n) is 3.13. The molecule has 0 aliphatic carbocycles. The topological polar surface area (TPSA) is 57.0 Å². The first-order valence-corrected chi connectivity index (χ1v) is 10.6. The molecule has 4 rings (SSSR count). The van der Waals surface area contributed by atoms with Gasteiger partial charge >= 0.3 is 5.97 Å². The summed E-state index contributed by atoms with van der Waals surface area (Å²) in [5, 5.41) is 9.78. The van der Waals surface area contributed by atoms with Gasteiger partial charge in [-0.2, -0.15) is 0 Å². The Morgan fingerprint density at radius 3 is 2.20 bits per heavy atom. The predicted octanol–water partition coefficient (Wildman–Crippen LogP) is 4.94. The molecule has 6 heteroatoms. The average Bonchev–Trinajstić information content (AvgIpc) is 3.21. The van der Waals surface area contributed by atoms with E-state index in [1.54, 1.807) is 23.9 Å². The van der Waals surface area contributed by atoms with E-state index in [0.29, 0.717) is 12.0 Å². The van der Waals surface area contributed by atoms with Crippen LogP contribution < -0.4 is 0 Å². The molecule has 0 aliphatic heterocycles. The highest BCUT2D eigenvalue weighted by molar-refractivity contribution is 7.98. The maximum absolute atomic E-state index is 11.6. The van der Waals surface area contributed by atoms with E-state index in [0.717, 1.165) is 28.0 Å². The zero-order valence-corrected chi connectivity index (χ0v) is 17.4. The molecular weight excluding hydrogens is 394 g/mol. The highest BCUT2D eigenvalue weighted by Crippen LogP contribution is 2.26. The first-order valence-electron chi connectivity index (χ1n) is 9.58.